The molecule has 0 saturated heterocycles. The van der Waals surface area contributed by atoms with E-state index in [1.54, 1.807) is 6.26 Å². The maximum atomic E-state index is 5.18. The molecular weight excluding hydrogens is 290 g/mol. The van der Waals surface area contributed by atoms with E-state index in [0.717, 1.165) is 23.9 Å². The van der Waals surface area contributed by atoms with E-state index in [2.05, 4.69) is 52.4 Å². The molecule has 18 heavy (non-hydrogen) atoms. The summed E-state index contributed by atoms with van der Waals surface area (Å²) in [6.45, 7) is 3.20. The Labute approximate surface area is 117 Å². The third kappa shape index (κ3) is 3.72. The minimum absolute atomic E-state index is 0.324. The molecule has 2 rings (SSSR count). The zero-order valence-corrected chi connectivity index (χ0v) is 12.1. The number of furan rings is 1. The number of halogens is 1. The Kier molecular flexibility index (Phi) is 5.02. The van der Waals surface area contributed by atoms with Crippen molar-refractivity contribution in [1.29, 1.82) is 0 Å². The first-order valence-corrected chi connectivity index (χ1v) is 7.09. The first kappa shape index (κ1) is 13.4. The average molecular weight is 308 g/mol. The summed E-state index contributed by atoms with van der Waals surface area (Å²) in [4.78, 5) is 0. The molecule has 2 nitrogen and oxygen atoms in total. The fraction of sp³-hybridized carbons (Fsp3) is 0.333. The average Bonchev–Trinajstić information content (AvgIpc) is 2.90. The van der Waals surface area contributed by atoms with E-state index < -0.39 is 0 Å². The monoisotopic (exact) mass is 307 g/mol. The fourth-order valence-corrected chi connectivity index (χ4v) is 2.22. The Hall–Kier alpha value is -1.06. The van der Waals surface area contributed by atoms with Crippen LogP contribution in [0.4, 0.5) is 0 Å². The normalized spacial score (nSPS) is 12.6. The maximum Gasteiger partial charge on any atom is 0.0950 e. The van der Waals surface area contributed by atoms with Crippen molar-refractivity contribution >= 4 is 15.9 Å². The van der Waals surface area contributed by atoms with Crippen LogP contribution < -0.4 is 5.32 Å². The molecule has 0 aliphatic rings. The molecule has 1 atom stereocenters. The summed E-state index contributed by atoms with van der Waals surface area (Å²) in [5, 5.41) is 3.56. The topological polar surface area (TPSA) is 25.2 Å². The fourth-order valence-electron chi connectivity index (χ4n) is 1.96. The van der Waals surface area contributed by atoms with Crippen molar-refractivity contribution in [2.75, 3.05) is 6.54 Å². The van der Waals surface area contributed by atoms with E-state index in [0.29, 0.717) is 6.04 Å². The second-order valence-corrected chi connectivity index (χ2v) is 5.31. The van der Waals surface area contributed by atoms with Crippen molar-refractivity contribution < 1.29 is 4.42 Å². The lowest BCUT2D eigenvalue weighted by molar-refractivity contribution is 0.512. The van der Waals surface area contributed by atoms with Gasteiger partial charge in [-0.3, -0.25) is 0 Å². The van der Waals surface area contributed by atoms with Crippen molar-refractivity contribution in [2.24, 2.45) is 0 Å². The Bertz CT molecular complexity index is 450. The van der Waals surface area contributed by atoms with Crippen LogP contribution in [0.2, 0.25) is 0 Å². The highest BCUT2D eigenvalue weighted by Gasteiger charge is 2.12. The predicted molar refractivity (Wildman–Crippen MR) is 77.6 cm³/mol. The summed E-state index contributed by atoms with van der Waals surface area (Å²) < 4.78 is 6.30. The van der Waals surface area contributed by atoms with E-state index in [9.17, 15) is 0 Å². The van der Waals surface area contributed by atoms with E-state index in [1.165, 1.54) is 11.1 Å². The third-order valence-corrected chi connectivity index (χ3v) is 3.47. The zero-order valence-electron chi connectivity index (χ0n) is 10.5. The molecule has 2 aromatic rings. The Morgan fingerprint density at radius 1 is 1.22 bits per heavy atom. The lowest BCUT2D eigenvalue weighted by Gasteiger charge is -2.17. The Balaban J connectivity index is 2.07. The molecule has 0 spiro atoms. The van der Waals surface area contributed by atoms with Gasteiger partial charge in [-0.15, -0.1) is 0 Å². The van der Waals surface area contributed by atoms with Gasteiger partial charge in [-0.25, -0.2) is 0 Å². The molecule has 0 fully saturated rings. The predicted octanol–water partition coefficient (Wildman–Crippen LogP) is 4.33. The van der Waals surface area contributed by atoms with Gasteiger partial charge in [0.05, 0.1) is 12.5 Å². The summed E-state index contributed by atoms with van der Waals surface area (Å²) >= 11 is 3.46. The SMILES string of the molecule is CCCNC(Cc1ccc(Br)cc1)c1ccoc1. The minimum atomic E-state index is 0.324. The summed E-state index contributed by atoms with van der Waals surface area (Å²) in [5.74, 6) is 0. The van der Waals surface area contributed by atoms with Gasteiger partial charge in [0.15, 0.2) is 0 Å². The number of hydrogen-bond acceptors (Lipinski definition) is 2. The highest BCUT2D eigenvalue weighted by atomic mass is 79.9. The van der Waals surface area contributed by atoms with Crippen molar-refractivity contribution in [2.45, 2.75) is 25.8 Å². The molecule has 1 heterocycles. The number of nitrogens with one attached hydrogen (secondary N) is 1. The highest BCUT2D eigenvalue weighted by Crippen LogP contribution is 2.20. The van der Waals surface area contributed by atoms with Crippen LogP contribution >= 0.6 is 15.9 Å². The van der Waals surface area contributed by atoms with Crippen LogP contribution in [0, 0.1) is 0 Å². The summed E-state index contributed by atoms with van der Waals surface area (Å²) in [5.41, 5.74) is 2.54. The van der Waals surface area contributed by atoms with Crippen molar-refractivity contribution in [3.63, 3.8) is 0 Å². The molecule has 0 amide bonds. The van der Waals surface area contributed by atoms with Gasteiger partial charge in [-0.2, -0.15) is 0 Å². The van der Waals surface area contributed by atoms with Crippen LogP contribution in [0.25, 0.3) is 0 Å². The van der Waals surface area contributed by atoms with Crippen LogP contribution in [0.1, 0.15) is 30.5 Å². The molecule has 0 bridgehead atoms. The molecule has 1 aromatic heterocycles. The van der Waals surface area contributed by atoms with Gasteiger partial charge in [0.2, 0.25) is 0 Å². The lowest BCUT2D eigenvalue weighted by atomic mass is 10.0. The van der Waals surface area contributed by atoms with Crippen LogP contribution in [-0.4, -0.2) is 6.54 Å². The van der Waals surface area contributed by atoms with Gasteiger partial charge in [-0.1, -0.05) is 35.0 Å². The summed E-state index contributed by atoms with van der Waals surface area (Å²) in [6.07, 6.45) is 5.67. The van der Waals surface area contributed by atoms with Crippen molar-refractivity contribution in [3.05, 3.63) is 58.5 Å². The molecular formula is C15H18BrNO. The van der Waals surface area contributed by atoms with Gasteiger partial charge in [0.25, 0.3) is 0 Å². The van der Waals surface area contributed by atoms with E-state index in [4.69, 9.17) is 4.42 Å². The molecule has 1 unspecified atom stereocenters. The van der Waals surface area contributed by atoms with Crippen LogP contribution in [-0.2, 0) is 6.42 Å². The summed E-state index contributed by atoms with van der Waals surface area (Å²) in [7, 11) is 0. The molecule has 0 aliphatic carbocycles. The van der Waals surface area contributed by atoms with Gasteiger partial charge in [-0.05, 0) is 43.1 Å². The highest BCUT2D eigenvalue weighted by molar-refractivity contribution is 9.10. The van der Waals surface area contributed by atoms with E-state index in [-0.39, 0.29) is 0 Å². The lowest BCUT2D eigenvalue weighted by Crippen LogP contribution is -2.23. The number of rotatable bonds is 6. The number of hydrogen-bond donors (Lipinski definition) is 1. The quantitative estimate of drug-likeness (QED) is 0.859. The smallest absolute Gasteiger partial charge is 0.0950 e. The minimum Gasteiger partial charge on any atom is -0.472 e. The summed E-state index contributed by atoms with van der Waals surface area (Å²) in [6, 6.07) is 10.8. The molecule has 1 N–H and O–H groups in total. The van der Waals surface area contributed by atoms with Gasteiger partial charge < -0.3 is 9.73 Å². The maximum absolute atomic E-state index is 5.18. The first-order valence-electron chi connectivity index (χ1n) is 6.29. The van der Waals surface area contributed by atoms with Crippen molar-refractivity contribution in [1.82, 2.24) is 5.32 Å². The van der Waals surface area contributed by atoms with Crippen molar-refractivity contribution in [3.8, 4) is 0 Å². The van der Waals surface area contributed by atoms with Crippen LogP contribution in [0.3, 0.4) is 0 Å². The van der Waals surface area contributed by atoms with E-state index in [1.807, 2.05) is 12.3 Å². The Morgan fingerprint density at radius 3 is 2.61 bits per heavy atom. The molecule has 0 radical (unpaired) electrons. The Morgan fingerprint density at radius 2 is 2.00 bits per heavy atom. The number of benzene rings is 1. The van der Waals surface area contributed by atoms with Crippen LogP contribution in [0.5, 0.6) is 0 Å². The van der Waals surface area contributed by atoms with Crippen LogP contribution in [0.15, 0.2) is 51.7 Å². The van der Waals surface area contributed by atoms with Gasteiger partial charge in [0, 0.05) is 16.1 Å². The molecule has 1 aromatic carbocycles. The zero-order chi connectivity index (χ0) is 12.8. The molecule has 0 saturated carbocycles. The van der Waals surface area contributed by atoms with Gasteiger partial charge >= 0.3 is 0 Å². The standard InChI is InChI=1S/C15H18BrNO/c1-2-8-17-15(13-7-9-18-11-13)10-12-3-5-14(16)6-4-12/h3-7,9,11,15,17H,2,8,10H2,1H3. The largest absolute Gasteiger partial charge is 0.472 e. The third-order valence-electron chi connectivity index (χ3n) is 2.94. The van der Waals surface area contributed by atoms with Gasteiger partial charge in [0.1, 0.15) is 0 Å². The molecule has 3 heteroatoms. The molecule has 96 valence electrons. The second kappa shape index (κ2) is 6.76. The van der Waals surface area contributed by atoms with E-state index >= 15 is 0 Å². The second-order valence-electron chi connectivity index (χ2n) is 4.39. The molecule has 0 aliphatic heterocycles. The first-order chi connectivity index (χ1) is 8.79.